The lowest BCUT2D eigenvalue weighted by Crippen LogP contribution is -2.45. The van der Waals surface area contributed by atoms with Gasteiger partial charge < -0.3 is 15.2 Å². The molecule has 2 unspecified atom stereocenters. The van der Waals surface area contributed by atoms with Crippen molar-refractivity contribution >= 4 is 5.91 Å². The predicted octanol–water partition coefficient (Wildman–Crippen LogP) is 6.65. The number of hydrogen-bond donors (Lipinski definition) is 1. The zero-order valence-corrected chi connectivity index (χ0v) is 18.8. The number of ether oxygens (including phenoxy) is 2. The summed E-state index contributed by atoms with van der Waals surface area (Å²) >= 11 is 0. The van der Waals surface area contributed by atoms with Gasteiger partial charge in [-0.15, -0.1) is 0 Å². The summed E-state index contributed by atoms with van der Waals surface area (Å²) in [4.78, 5) is 11.6. The van der Waals surface area contributed by atoms with Crippen molar-refractivity contribution < 1.29 is 14.3 Å². The molecule has 0 aromatic rings. The second-order valence-electron chi connectivity index (χ2n) is 8.76. The van der Waals surface area contributed by atoms with Gasteiger partial charge in [-0.2, -0.15) is 0 Å². The van der Waals surface area contributed by atoms with Crippen LogP contribution in [0, 0.1) is 0 Å². The molecule has 1 aliphatic heterocycles. The first kappa shape index (κ1) is 25.4. The van der Waals surface area contributed by atoms with Crippen LogP contribution in [0.2, 0.25) is 0 Å². The minimum atomic E-state index is -1.16. The van der Waals surface area contributed by atoms with Gasteiger partial charge >= 0.3 is 0 Å². The third-order valence-corrected chi connectivity index (χ3v) is 5.93. The van der Waals surface area contributed by atoms with Gasteiger partial charge in [0.1, 0.15) is 0 Å². The molecule has 1 fully saturated rings. The molecule has 0 aromatic carbocycles. The Morgan fingerprint density at radius 2 is 1.18 bits per heavy atom. The highest BCUT2D eigenvalue weighted by Crippen LogP contribution is 2.29. The molecule has 28 heavy (non-hydrogen) atoms. The largest absolute Gasteiger partial charge is 0.365 e. The molecule has 2 N–H and O–H groups in total. The quantitative estimate of drug-likeness (QED) is 0.248. The third-order valence-electron chi connectivity index (χ3n) is 5.93. The van der Waals surface area contributed by atoms with Gasteiger partial charge in [-0.3, -0.25) is 4.79 Å². The fourth-order valence-corrected chi connectivity index (χ4v) is 4.11. The topological polar surface area (TPSA) is 61.6 Å². The van der Waals surface area contributed by atoms with Crippen LogP contribution in [0.25, 0.3) is 0 Å². The standard InChI is InChI=1S/C24H47NO3/c1-3-4-5-6-7-8-9-10-11-12-13-14-15-16-17-18-19-20-24(23(25)26)27-21-22(2)28-24/h22H,3-21H2,1-2H3,(H2,25,26). The SMILES string of the molecule is CCCCCCCCCCCCCCCCCCCC1(C(N)=O)OCC(C)O1. The third kappa shape index (κ3) is 11.4. The molecule has 0 aliphatic carbocycles. The molecular weight excluding hydrogens is 350 g/mol. The van der Waals surface area contributed by atoms with Crippen LogP contribution in [0.5, 0.6) is 0 Å². The number of nitrogens with two attached hydrogens (primary N) is 1. The van der Waals surface area contributed by atoms with Crippen molar-refractivity contribution in [2.24, 2.45) is 5.73 Å². The zero-order valence-electron chi connectivity index (χ0n) is 18.8. The molecule has 1 aliphatic rings. The van der Waals surface area contributed by atoms with Gasteiger partial charge in [0.15, 0.2) is 0 Å². The Balaban J connectivity index is 1.81. The van der Waals surface area contributed by atoms with Crippen LogP contribution in [0.15, 0.2) is 0 Å². The Labute approximate surface area is 174 Å². The number of unbranched alkanes of at least 4 members (excludes halogenated alkanes) is 16. The van der Waals surface area contributed by atoms with Crippen LogP contribution < -0.4 is 5.73 Å². The fourth-order valence-electron chi connectivity index (χ4n) is 4.11. The summed E-state index contributed by atoms with van der Waals surface area (Å²) in [5, 5.41) is 0. The smallest absolute Gasteiger partial charge is 0.277 e. The van der Waals surface area contributed by atoms with Crippen molar-refractivity contribution in [3.63, 3.8) is 0 Å². The zero-order chi connectivity index (χ0) is 20.5. The van der Waals surface area contributed by atoms with E-state index in [1.165, 1.54) is 96.3 Å². The Bertz CT molecular complexity index is 388. The van der Waals surface area contributed by atoms with E-state index < -0.39 is 11.7 Å². The molecule has 1 heterocycles. The van der Waals surface area contributed by atoms with E-state index in [-0.39, 0.29) is 6.10 Å². The molecule has 166 valence electrons. The molecule has 0 aromatic heterocycles. The highest BCUT2D eigenvalue weighted by molar-refractivity contribution is 5.82. The first-order valence-electron chi connectivity index (χ1n) is 12.2. The van der Waals surface area contributed by atoms with Gasteiger partial charge in [0.25, 0.3) is 5.91 Å². The first-order chi connectivity index (χ1) is 13.6. The highest BCUT2D eigenvalue weighted by Gasteiger charge is 2.45. The van der Waals surface area contributed by atoms with Gasteiger partial charge in [0.05, 0.1) is 12.7 Å². The molecular formula is C24H47NO3. The monoisotopic (exact) mass is 397 g/mol. The van der Waals surface area contributed by atoms with Crippen LogP contribution >= 0.6 is 0 Å². The number of primary amides is 1. The molecule has 0 radical (unpaired) electrons. The molecule has 1 rings (SSSR count). The second kappa shape index (κ2) is 16.2. The summed E-state index contributed by atoms with van der Waals surface area (Å²) in [5.74, 6) is -1.64. The van der Waals surface area contributed by atoms with E-state index in [2.05, 4.69) is 6.92 Å². The summed E-state index contributed by atoms with van der Waals surface area (Å²) < 4.78 is 11.2. The average Bonchev–Trinajstić information content (AvgIpc) is 3.06. The van der Waals surface area contributed by atoms with Crippen LogP contribution in [-0.4, -0.2) is 24.4 Å². The van der Waals surface area contributed by atoms with E-state index in [1.807, 2.05) is 6.92 Å². The van der Waals surface area contributed by atoms with Gasteiger partial charge in [0, 0.05) is 6.42 Å². The van der Waals surface area contributed by atoms with Gasteiger partial charge in [-0.05, 0) is 13.3 Å². The Morgan fingerprint density at radius 1 is 0.786 bits per heavy atom. The first-order valence-corrected chi connectivity index (χ1v) is 12.2. The molecule has 0 saturated carbocycles. The van der Waals surface area contributed by atoms with E-state index in [0.717, 1.165) is 12.8 Å². The number of rotatable bonds is 19. The lowest BCUT2D eigenvalue weighted by molar-refractivity contribution is -0.186. The van der Waals surface area contributed by atoms with Gasteiger partial charge in [-0.25, -0.2) is 0 Å². The number of carbonyl (C=O) groups is 1. The van der Waals surface area contributed by atoms with Crippen molar-refractivity contribution in [1.82, 2.24) is 0 Å². The van der Waals surface area contributed by atoms with E-state index >= 15 is 0 Å². The molecule has 4 heteroatoms. The van der Waals surface area contributed by atoms with E-state index in [4.69, 9.17) is 15.2 Å². The number of carbonyl (C=O) groups excluding carboxylic acids is 1. The second-order valence-corrected chi connectivity index (χ2v) is 8.76. The molecule has 1 saturated heterocycles. The molecule has 0 spiro atoms. The molecule has 2 atom stereocenters. The Kier molecular flexibility index (Phi) is 14.7. The number of amides is 1. The molecule has 1 amide bonds. The average molecular weight is 398 g/mol. The van der Waals surface area contributed by atoms with E-state index in [1.54, 1.807) is 0 Å². The van der Waals surface area contributed by atoms with Crippen molar-refractivity contribution in [2.45, 2.75) is 141 Å². The lowest BCUT2D eigenvalue weighted by atomic mass is 10.0. The lowest BCUT2D eigenvalue weighted by Gasteiger charge is -2.23. The molecule has 4 nitrogen and oxygen atoms in total. The fraction of sp³-hybridized carbons (Fsp3) is 0.958. The van der Waals surface area contributed by atoms with Gasteiger partial charge in [0.2, 0.25) is 5.79 Å². The summed E-state index contributed by atoms with van der Waals surface area (Å²) in [7, 11) is 0. The summed E-state index contributed by atoms with van der Waals surface area (Å²) in [6, 6.07) is 0. The van der Waals surface area contributed by atoms with Crippen molar-refractivity contribution in [3.8, 4) is 0 Å². The Morgan fingerprint density at radius 3 is 1.50 bits per heavy atom. The number of hydrogen-bond acceptors (Lipinski definition) is 3. The highest BCUT2D eigenvalue weighted by atomic mass is 16.7. The van der Waals surface area contributed by atoms with Crippen LogP contribution in [0.4, 0.5) is 0 Å². The summed E-state index contributed by atoms with van der Waals surface area (Å²) in [6.45, 7) is 4.66. The maximum absolute atomic E-state index is 11.6. The minimum absolute atomic E-state index is 0.0432. The van der Waals surface area contributed by atoms with Crippen LogP contribution in [0.3, 0.4) is 0 Å². The maximum atomic E-state index is 11.6. The van der Waals surface area contributed by atoms with E-state index in [0.29, 0.717) is 13.0 Å². The normalized spacial score (nSPS) is 22.0. The molecule has 0 bridgehead atoms. The van der Waals surface area contributed by atoms with Crippen molar-refractivity contribution in [3.05, 3.63) is 0 Å². The van der Waals surface area contributed by atoms with Crippen LogP contribution in [0.1, 0.15) is 129 Å². The van der Waals surface area contributed by atoms with Crippen molar-refractivity contribution in [1.29, 1.82) is 0 Å². The van der Waals surface area contributed by atoms with Crippen LogP contribution in [-0.2, 0) is 14.3 Å². The Hall–Kier alpha value is -0.610. The van der Waals surface area contributed by atoms with Gasteiger partial charge in [-0.1, -0.05) is 110 Å². The minimum Gasteiger partial charge on any atom is -0.365 e. The maximum Gasteiger partial charge on any atom is 0.277 e. The summed E-state index contributed by atoms with van der Waals surface area (Å²) in [6.07, 6.45) is 23.4. The van der Waals surface area contributed by atoms with E-state index in [9.17, 15) is 4.79 Å². The predicted molar refractivity (Wildman–Crippen MR) is 117 cm³/mol. The van der Waals surface area contributed by atoms with Crippen molar-refractivity contribution in [2.75, 3.05) is 6.61 Å². The summed E-state index contributed by atoms with van der Waals surface area (Å²) in [5.41, 5.74) is 5.48.